The number of hydrogen-bond acceptors (Lipinski definition) is 18. The lowest BCUT2D eigenvalue weighted by Gasteiger charge is -2.45. The monoisotopic (exact) mass is 938 g/mol. The van der Waals surface area contributed by atoms with E-state index in [9.17, 15) is 60.7 Å². The number of carbonyl (C=O) groups excluding carboxylic acids is 2. The predicted octanol–water partition coefficient (Wildman–Crippen LogP) is 0.800. The van der Waals surface area contributed by atoms with Crippen LogP contribution in [0.25, 0.3) is 0 Å². The number of hydrogen-bond donors (Lipinski definition) is 11. The number of ether oxygens (including phenoxy) is 5. The lowest BCUT2D eigenvalue weighted by Crippen LogP contribution is -2.61. The number of nitrogens with two attached hydrogens (primary N) is 1. The Hall–Kier alpha value is -3.44. The van der Waals surface area contributed by atoms with Gasteiger partial charge >= 0.3 is 11.9 Å². The molecule has 0 radical (unpaired) electrons. The van der Waals surface area contributed by atoms with Gasteiger partial charge in [-0.05, 0) is 33.1 Å². The molecule has 2 bridgehead atoms. The summed E-state index contributed by atoms with van der Waals surface area (Å²) in [5.41, 5.74) is 6.05. The van der Waals surface area contributed by atoms with Crippen LogP contribution in [-0.2, 0) is 33.3 Å². The molecule has 3 aliphatic rings. The van der Waals surface area contributed by atoms with Gasteiger partial charge in [0, 0.05) is 37.5 Å². The maximum atomic E-state index is 13.1. The van der Waals surface area contributed by atoms with Crippen molar-refractivity contribution in [1.29, 1.82) is 0 Å². The van der Waals surface area contributed by atoms with Crippen molar-refractivity contribution in [3.05, 3.63) is 85.1 Å². The van der Waals surface area contributed by atoms with Crippen molar-refractivity contribution in [2.75, 3.05) is 7.11 Å². The average molecular weight is 938 g/mol. The van der Waals surface area contributed by atoms with E-state index in [1.165, 1.54) is 0 Å². The minimum absolute atomic E-state index is 0.123. The molecule has 66 heavy (non-hydrogen) atoms. The van der Waals surface area contributed by atoms with Crippen LogP contribution in [-0.4, -0.2) is 168 Å². The molecule has 374 valence electrons. The Kier molecular flexibility index (Phi) is 24.3. The zero-order chi connectivity index (χ0) is 49.1. The molecule has 3 aliphatic heterocycles. The van der Waals surface area contributed by atoms with Gasteiger partial charge in [-0.15, -0.1) is 0 Å². The van der Waals surface area contributed by atoms with Gasteiger partial charge in [-0.3, -0.25) is 9.59 Å². The van der Waals surface area contributed by atoms with E-state index in [1.54, 1.807) is 75.5 Å². The average Bonchev–Trinajstić information content (AvgIpc) is 3.24. The number of fused-ring (bicyclic) bond motifs is 2. The Labute approximate surface area is 387 Å². The number of esters is 2. The zero-order valence-corrected chi connectivity index (χ0v) is 38.5. The van der Waals surface area contributed by atoms with Gasteiger partial charge in [0.05, 0.1) is 86.7 Å². The van der Waals surface area contributed by atoms with Gasteiger partial charge in [0.2, 0.25) is 0 Å². The molecule has 12 N–H and O–H groups in total. The predicted molar refractivity (Wildman–Crippen MR) is 241 cm³/mol. The number of rotatable bonds is 3. The lowest BCUT2D eigenvalue weighted by molar-refractivity contribution is -0.308. The van der Waals surface area contributed by atoms with E-state index in [0.717, 1.165) is 7.11 Å². The van der Waals surface area contributed by atoms with E-state index >= 15 is 0 Å². The van der Waals surface area contributed by atoms with Crippen LogP contribution in [0.15, 0.2) is 85.1 Å². The molecule has 0 aliphatic carbocycles. The fraction of sp³-hybridized carbons (Fsp3) is 0.667. The number of aliphatic hydroxyl groups is 10. The van der Waals surface area contributed by atoms with Crippen LogP contribution < -0.4 is 5.73 Å². The minimum Gasteiger partial charge on any atom is -0.469 e. The Balaban J connectivity index is 1.88. The fourth-order valence-corrected chi connectivity index (χ4v) is 8.09. The number of allylic oxidation sites excluding steroid dienone is 12. The first kappa shape index (κ1) is 56.9. The maximum Gasteiger partial charge on any atom is 0.313 e. The van der Waals surface area contributed by atoms with E-state index in [0.29, 0.717) is 0 Å². The number of aliphatic hydroxyl groups excluding tert-OH is 9. The topological polar surface area (TPSA) is 309 Å². The number of carbonyl (C=O) groups is 2. The molecule has 18 nitrogen and oxygen atoms in total. The van der Waals surface area contributed by atoms with Gasteiger partial charge < -0.3 is 80.5 Å². The van der Waals surface area contributed by atoms with E-state index < -0.39 is 141 Å². The molecule has 0 saturated carbocycles. The Morgan fingerprint density at radius 2 is 1.24 bits per heavy atom. The van der Waals surface area contributed by atoms with Gasteiger partial charge in [0.1, 0.15) is 18.1 Å². The summed E-state index contributed by atoms with van der Waals surface area (Å²) < 4.78 is 28.4. The SMILES string of the molecule is COC(=O)[C@H]1[C@@H]2C[C@@H](O[C@@H]3O[C@H](C)[C@@H](O)[C@H](N)[C@@H]3O)C=CC=CC=CC=CC=CC=CC=C[C@H](C)[C@@H](O)[C@H](C)[C@H](C)OC(=O)C[C@H](O)C[C@H](O)[C@@H](O)CC[C@H](O)C[C@H](O)C[C@](O)(C[C@@H]1O)O2. The highest BCUT2D eigenvalue weighted by Gasteiger charge is 2.51. The summed E-state index contributed by atoms with van der Waals surface area (Å²) in [6.45, 7) is 6.76. The quantitative estimate of drug-likeness (QED) is 0.174. The first-order valence-electron chi connectivity index (χ1n) is 22.7. The largest absolute Gasteiger partial charge is 0.469 e. The zero-order valence-electron chi connectivity index (χ0n) is 38.5. The second-order valence-corrected chi connectivity index (χ2v) is 17.8. The third-order valence-corrected chi connectivity index (χ3v) is 12.2. The summed E-state index contributed by atoms with van der Waals surface area (Å²) in [6, 6.07) is -1.12. The Bertz CT molecular complexity index is 1680. The number of cyclic esters (lactones) is 1. The molecular formula is C48H75NO17. The van der Waals surface area contributed by atoms with Crippen molar-refractivity contribution >= 4 is 11.9 Å². The second-order valence-electron chi connectivity index (χ2n) is 17.8. The third kappa shape index (κ3) is 18.6. The maximum absolute atomic E-state index is 13.1. The summed E-state index contributed by atoms with van der Waals surface area (Å²) >= 11 is 0. The van der Waals surface area contributed by atoms with Crippen molar-refractivity contribution < 1.29 is 84.3 Å². The van der Waals surface area contributed by atoms with Crippen molar-refractivity contribution in [1.82, 2.24) is 0 Å². The van der Waals surface area contributed by atoms with Crippen LogP contribution >= 0.6 is 0 Å². The van der Waals surface area contributed by atoms with E-state index in [-0.39, 0.29) is 38.0 Å². The highest BCUT2D eigenvalue weighted by molar-refractivity contribution is 5.74. The van der Waals surface area contributed by atoms with Crippen molar-refractivity contribution in [3.63, 3.8) is 0 Å². The lowest BCUT2D eigenvalue weighted by atomic mass is 9.82. The van der Waals surface area contributed by atoms with Gasteiger partial charge in [0.15, 0.2) is 12.1 Å². The molecule has 19 atom stereocenters. The molecule has 0 aromatic rings. The molecule has 0 amide bonds. The van der Waals surface area contributed by atoms with E-state index in [1.807, 2.05) is 37.3 Å². The molecule has 2 fully saturated rings. The second kappa shape index (κ2) is 28.1. The molecule has 3 rings (SSSR count). The third-order valence-electron chi connectivity index (χ3n) is 12.2. The van der Waals surface area contributed by atoms with Gasteiger partial charge in [-0.1, -0.05) is 98.9 Å². The molecule has 2 saturated heterocycles. The molecule has 0 unspecified atom stereocenters. The molecule has 0 aromatic carbocycles. The first-order chi connectivity index (χ1) is 31.2. The van der Waals surface area contributed by atoms with Crippen LogP contribution in [0.1, 0.15) is 79.1 Å². The molecule has 18 heteroatoms. The summed E-state index contributed by atoms with van der Waals surface area (Å²) in [6.07, 6.45) is 4.59. The summed E-state index contributed by atoms with van der Waals surface area (Å²) in [5, 5.41) is 109. The first-order valence-corrected chi connectivity index (χ1v) is 22.7. The highest BCUT2D eigenvalue weighted by Crippen LogP contribution is 2.38. The summed E-state index contributed by atoms with van der Waals surface area (Å²) in [4.78, 5) is 25.7. The van der Waals surface area contributed by atoms with Gasteiger partial charge in [0.25, 0.3) is 0 Å². The smallest absolute Gasteiger partial charge is 0.313 e. The molecule has 3 heterocycles. The van der Waals surface area contributed by atoms with Crippen molar-refractivity contribution in [2.45, 2.75) is 177 Å². The van der Waals surface area contributed by atoms with Crippen LogP contribution in [0.5, 0.6) is 0 Å². The molecule has 0 spiro atoms. The normalized spacial score (nSPS) is 41.5. The van der Waals surface area contributed by atoms with Gasteiger partial charge in [-0.25, -0.2) is 0 Å². The minimum atomic E-state index is -2.23. The molecule has 0 aromatic heterocycles. The fourth-order valence-electron chi connectivity index (χ4n) is 8.09. The van der Waals surface area contributed by atoms with Crippen LogP contribution in [0.3, 0.4) is 0 Å². The Morgan fingerprint density at radius 1 is 0.667 bits per heavy atom. The van der Waals surface area contributed by atoms with Crippen LogP contribution in [0.2, 0.25) is 0 Å². The Morgan fingerprint density at radius 3 is 1.83 bits per heavy atom. The van der Waals surface area contributed by atoms with Crippen LogP contribution in [0.4, 0.5) is 0 Å². The van der Waals surface area contributed by atoms with Crippen LogP contribution in [0, 0.1) is 17.8 Å². The summed E-state index contributed by atoms with van der Waals surface area (Å²) in [7, 11) is 1.12. The van der Waals surface area contributed by atoms with E-state index in [4.69, 9.17) is 29.4 Å². The van der Waals surface area contributed by atoms with Crippen molar-refractivity contribution in [2.24, 2.45) is 23.5 Å². The van der Waals surface area contributed by atoms with Crippen molar-refractivity contribution in [3.8, 4) is 0 Å². The standard InChI is InChI=1S/C48H75NO17/c1-28-18-16-14-12-10-8-6-7-9-11-13-15-17-19-35(65-47-45(59)42(49)44(58)31(4)64-47)25-39-41(46(60)62-5)38(55)27-48(61,66-39)26-34(52)22-32(50)20-21-36(53)37(54)23-33(51)24-40(56)63-30(3)29(2)43(28)57/h6-19,28-39,41-45,47,50-55,57-59,61H,20-27,49H2,1-5H3/t28-,29+,30-,31+,32-,33+,34-,35-,36-,37-,38-,39-,41+,42-,43+,44+,45-,47-,48+/m0/s1. The molecular weight excluding hydrogens is 863 g/mol. The summed E-state index contributed by atoms with van der Waals surface area (Å²) in [5.74, 6) is -5.93. The van der Waals surface area contributed by atoms with Gasteiger partial charge in [-0.2, -0.15) is 0 Å². The highest BCUT2D eigenvalue weighted by atomic mass is 16.7. The van der Waals surface area contributed by atoms with E-state index in [2.05, 4.69) is 0 Å². The number of methoxy groups -OCH3 is 1.